The highest BCUT2D eigenvalue weighted by Gasteiger charge is 2.08. The lowest BCUT2D eigenvalue weighted by molar-refractivity contribution is 0.632. The van der Waals surface area contributed by atoms with Crippen LogP contribution in [0.2, 0.25) is 0 Å². The molecular formula is C16H12FN. The monoisotopic (exact) mass is 237 g/mol. The highest BCUT2D eigenvalue weighted by molar-refractivity contribution is 5.96. The molecule has 0 saturated carbocycles. The minimum Gasteiger partial charge on any atom is -0.399 e. The average molecular weight is 237 g/mol. The molecule has 0 heterocycles. The number of halogens is 1. The van der Waals surface area contributed by atoms with Gasteiger partial charge < -0.3 is 5.73 Å². The number of fused-ring (bicyclic) bond motifs is 1. The van der Waals surface area contributed by atoms with Gasteiger partial charge in [-0.3, -0.25) is 0 Å². The standard InChI is InChI=1S/C16H12FN/c17-16-10-12(18)8-9-15(16)14-7-3-5-11-4-1-2-6-13(11)14/h1-10H,18H2. The fourth-order valence-corrected chi connectivity index (χ4v) is 2.21. The summed E-state index contributed by atoms with van der Waals surface area (Å²) in [4.78, 5) is 0. The van der Waals surface area contributed by atoms with Crippen molar-refractivity contribution >= 4 is 16.5 Å². The lowest BCUT2D eigenvalue weighted by atomic mass is 9.98. The van der Waals surface area contributed by atoms with Gasteiger partial charge in [-0.1, -0.05) is 42.5 Å². The highest BCUT2D eigenvalue weighted by Crippen LogP contribution is 2.31. The smallest absolute Gasteiger partial charge is 0.133 e. The molecule has 0 atom stereocenters. The van der Waals surface area contributed by atoms with Gasteiger partial charge in [0, 0.05) is 11.3 Å². The van der Waals surface area contributed by atoms with E-state index in [0.29, 0.717) is 11.3 Å². The molecule has 0 spiro atoms. The van der Waals surface area contributed by atoms with E-state index in [1.54, 1.807) is 12.1 Å². The molecule has 3 aromatic rings. The van der Waals surface area contributed by atoms with Crippen LogP contribution in [0.4, 0.5) is 10.1 Å². The summed E-state index contributed by atoms with van der Waals surface area (Å²) >= 11 is 0. The summed E-state index contributed by atoms with van der Waals surface area (Å²) in [7, 11) is 0. The maximum absolute atomic E-state index is 14.0. The van der Waals surface area contributed by atoms with E-state index in [-0.39, 0.29) is 5.82 Å². The molecule has 88 valence electrons. The molecule has 1 nitrogen and oxygen atoms in total. The SMILES string of the molecule is Nc1ccc(-c2cccc3ccccc23)c(F)c1. The molecule has 0 aromatic heterocycles. The van der Waals surface area contributed by atoms with Gasteiger partial charge in [0.05, 0.1) is 0 Å². The molecule has 18 heavy (non-hydrogen) atoms. The third-order valence-electron chi connectivity index (χ3n) is 3.07. The Bertz CT molecular complexity index is 714. The minimum atomic E-state index is -0.286. The first-order chi connectivity index (χ1) is 8.75. The number of hydrogen-bond acceptors (Lipinski definition) is 1. The van der Waals surface area contributed by atoms with E-state index in [2.05, 4.69) is 0 Å². The van der Waals surface area contributed by atoms with Crippen LogP contribution in [-0.2, 0) is 0 Å². The molecule has 0 unspecified atom stereocenters. The van der Waals surface area contributed by atoms with Crippen LogP contribution < -0.4 is 5.73 Å². The number of rotatable bonds is 1. The fraction of sp³-hybridized carbons (Fsp3) is 0. The molecule has 0 aliphatic heterocycles. The molecule has 0 aliphatic carbocycles. The summed E-state index contributed by atoms with van der Waals surface area (Å²) in [6, 6.07) is 18.7. The van der Waals surface area contributed by atoms with Crippen molar-refractivity contribution in [3.63, 3.8) is 0 Å². The van der Waals surface area contributed by atoms with E-state index in [0.717, 1.165) is 16.3 Å². The number of nitrogens with two attached hydrogens (primary N) is 1. The summed E-state index contributed by atoms with van der Waals surface area (Å²) in [5.41, 5.74) is 7.50. The summed E-state index contributed by atoms with van der Waals surface area (Å²) in [6.45, 7) is 0. The quantitative estimate of drug-likeness (QED) is 0.630. The second kappa shape index (κ2) is 4.15. The van der Waals surface area contributed by atoms with Crippen molar-refractivity contribution in [1.82, 2.24) is 0 Å². The minimum absolute atomic E-state index is 0.286. The Morgan fingerprint density at radius 2 is 1.56 bits per heavy atom. The van der Waals surface area contributed by atoms with Crippen molar-refractivity contribution in [1.29, 1.82) is 0 Å². The van der Waals surface area contributed by atoms with Gasteiger partial charge in [0.2, 0.25) is 0 Å². The molecule has 2 heteroatoms. The van der Waals surface area contributed by atoms with Gasteiger partial charge in [-0.2, -0.15) is 0 Å². The number of benzene rings is 3. The van der Waals surface area contributed by atoms with Crippen molar-refractivity contribution in [3.8, 4) is 11.1 Å². The largest absolute Gasteiger partial charge is 0.399 e. The van der Waals surface area contributed by atoms with Crippen molar-refractivity contribution in [3.05, 3.63) is 66.5 Å². The maximum atomic E-state index is 14.0. The third-order valence-corrected chi connectivity index (χ3v) is 3.07. The van der Waals surface area contributed by atoms with Gasteiger partial charge in [0.25, 0.3) is 0 Å². The van der Waals surface area contributed by atoms with Crippen molar-refractivity contribution < 1.29 is 4.39 Å². The van der Waals surface area contributed by atoms with Crippen LogP contribution in [0.3, 0.4) is 0 Å². The van der Waals surface area contributed by atoms with Crippen LogP contribution in [0.15, 0.2) is 60.7 Å². The normalized spacial score (nSPS) is 10.7. The van der Waals surface area contributed by atoms with Gasteiger partial charge in [0.15, 0.2) is 0 Å². The lowest BCUT2D eigenvalue weighted by Gasteiger charge is -2.08. The summed E-state index contributed by atoms with van der Waals surface area (Å²) < 4.78 is 14.0. The topological polar surface area (TPSA) is 26.0 Å². The van der Waals surface area contributed by atoms with E-state index in [4.69, 9.17) is 5.73 Å². The second-order valence-electron chi connectivity index (χ2n) is 4.27. The number of hydrogen-bond donors (Lipinski definition) is 1. The van der Waals surface area contributed by atoms with Crippen LogP contribution >= 0.6 is 0 Å². The molecule has 2 N–H and O–H groups in total. The zero-order chi connectivity index (χ0) is 12.5. The lowest BCUT2D eigenvalue weighted by Crippen LogP contribution is -1.90. The Morgan fingerprint density at radius 3 is 2.39 bits per heavy atom. The Morgan fingerprint density at radius 1 is 0.778 bits per heavy atom. The molecule has 0 amide bonds. The van der Waals surface area contributed by atoms with Crippen LogP contribution in [0.1, 0.15) is 0 Å². The Hall–Kier alpha value is -2.35. The number of anilines is 1. The Balaban J connectivity index is 2.31. The zero-order valence-corrected chi connectivity index (χ0v) is 9.73. The summed E-state index contributed by atoms with van der Waals surface area (Å²) in [5.74, 6) is -0.286. The first-order valence-corrected chi connectivity index (χ1v) is 5.79. The van der Waals surface area contributed by atoms with Crippen molar-refractivity contribution in [2.24, 2.45) is 0 Å². The van der Waals surface area contributed by atoms with E-state index in [1.165, 1.54) is 6.07 Å². The molecule has 3 rings (SSSR count). The first kappa shape index (κ1) is 10.8. The van der Waals surface area contributed by atoms with Crippen molar-refractivity contribution in [2.45, 2.75) is 0 Å². The Labute approximate surface area is 105 Å². The maximum Gasteiger partial charge on any atom is 0.133 e. The molecule has 3 aromatic carbocycles. The van der Waals surface area contributed by atoms with E-state index < -0.39 is 0 Å². The summed E-state index contributed by atoms with van der Waals surface area (Å²) in [5, 5.41) is 2.15. The van der Waals surface area contributed by atoms with Crippen LogP contribution in [0.5, 0.6) is 0 Å². The first-order valence-electron chi connectivity index (χ1n) is 5.79. The molecule has 0 fully saturated rings. The molecule has 0 aliphatic rings. The van der Waals surface area contributed by atoms with Crippen LogP contribution in [0, 0.1) is 5.82 Å². The predicted octanol–water partition coefficient (Wildman–Crippen LogP) is 4.23. The van der Waals surface area contributed by atoms with E-state index in [9.17, 15) is 4.39 Å². The van der Waals surface area contributed by atoms with Crippen LogP contribution in [0.25, 0.3) is 21.9 Å². The molecular weight excluding hydrogens is 225 g/mol. The van der Waals surface area contributed by atoms with Crippen LogP contribution in [-0.4, -0.2) is 0 Å². The predicted molar refractivity (Wildman–Crippen MR) is 73.8 cm³/mol. The van der Waals surface area contributed by atoms with Gasteiger partial charge in [-0.05, 0) is 34.5 Å². The average Bonchev–Trinajstić information content (AvgIpc) is 2.38. The second-order valence-corrected chi connectivity index (χ2v) is 4.27. The number of nitrogen functional groups attached to an aromatic ring is 1. The van der Waals surface area contributed by atoms with Gasteiger partial charge >= 0.3 is 0 Å². The Kier molecular flexibility index (Phi) is 2.49. The molecule has 0 saturated heterocycles. The zero-order valence-electron chi connectivity index (χ0n) is 9.73. The fourth-order valence-electron chi connectivity index (χ4n) is 2.21. The third kappa shape index (κ3) is 1.72. The van der Waals surface area contributed by atoms with Gasteiger partial charge in [-0.15, -0.1) is 0 Å². The van der Waals surface area contributed by atoms with E-state index >= 15 is 0 Å². The highest BCUT2D eigenvalue weighted by atomic mass is 19.1. The summed E-state index contributed by atoms with van der Waals surface area (Å²) in [6.07, 6.45) is 0. The van der Waals surface area contributed by atoms with Crippen molar-refractivity contribution in [2.75, 3.05) is 5.73 Å². The van der Waals surface area contributed by atoms with Gasteiger partial charge in [-0.25, -0.2) is 4.39 Å². The molecule has 0 bridgehead atoms. The molecule has 0 radical (unpaired) electrons. The van der Waals surface area contributed by atoms with Gasteiger partial charge in [0.1, 0.15) is 5.82 Å². The van der Waals surface area contributed by atoms with E-state index in [1.807, 2.05) is 42.5 Å².